The molecule has 29 heavy (non-hydrogen) atoms. The van der Waals surface area contributed by atoms with Gasteiger partial charge in [0.05, 0.1) is 12.5 Å². The summed E-state index contributed by atoms with van der Waals surface area (Å²) in [6.07, 6.45) is 2.76. The molecule has 0 saturated carbocycles. The minimum Gasteiger partial charge on any atom is -0.370 e. The number of benzene rings is 2. The second kappa shape index (κ2) is 9.79. The van der Waals surface area contributed by atoms with Gasteiger partial charge in [0.25, 0.3) is 0 Å². The van der Waals surface area contributed by atoms with Gasteiger partial charge in [0.15, 0.2) is 11.0 Å². The predicted octanol–water partition coefficient (Wildman–Crippen LogP) is 2.26. The predicted molar refractivity (Wildman–Crippen MR) is 116 cm³/mol. The SMILES string of the molecule is NC(N)=NCCC[C@H](NC(=O)Cc1cccc2ccccc12)C(=O)c1nccs1. The van der Waals surface area contributed by atoms with Crippen LogP contribution in [0.25, 0.3) is 10.8 Å². The number of aromatic nitrogens is 1. The maximum Gasteiger partial charge on any atom is 0.225 e. The molecule has 3 rings (SSSR count). The molecule has 0 aliphatic rings. The molecule has 0 unspecified atom stereocenters. The molecular weight excluding hydrogens is 386 g/mol. The number of fused-ring (bicyclic) bond motifs is 1. The second-order valence-electron chi connectivity index (χ2n) is 6.59. The van der Waals surface area contributed by atoms with Gasteiger partial charge in [-0.1, -0.05) is 42.5 Å². The van der Waals surface area contributed by atoms with Gasteiger partial charge in [0.1, 0.15) is 0 Å². The fraction of sp³-hybridized carbons (Fsp3) is 0.238. The molecule has 0 bridgehead atoms. The van der Waals surface area contributed by atoms with Crippen LogP contribution in [-0.2, 0) is 11.2 Å². The van der Waals surface area contributed by atoms with Crippen molar-refractivity contribution in [2.24, 2.45) is 16.5 Å². The highest BCUT2D eigenvalue weighted by atomic mass is 32.1. The monoisotopic (exact) mass is 409 g/mol. The first-order chi connectivity index (χ1) is 14.0. The lowest BCUT2D eigenvalue weighted by molar-refractivity contribution is -0.120. The van der Waals surface area contributed by atoms with Crippen LogP contribution in [0.3, 0.4) is 0 Å². The molecule has 1 atom stereocenters. The van der Waals surface area contributed by atoms with E-state index < -0.39 is 6.04 Å². The lowest BCUT2D eigenvalue weighted by Gasteiger charge is -2.17. The molecule has 0 spiro atoms. The number of carbonyl (C=O) groups is 2. The molecule has 0 radical (unpaired) electrons. The molecule has 0 aliphatic heterocycles. The number of thiazole rings is 1. The topological polar surface area (TPSA) is 123 Å². The lowest BCUT2D eigenvalue weighted by Crippen LogP contribution is -2.41. The molecule has 8 heteroatoms. The summed E-state index contributed by atoms with van der Waals surface area (Å²) in [5, 5.41) is 7.09. The highest BCUT2D eigenvalue weighted by molar-refractivity contribution is 7.11. The number of hydrogen-bond donors (Lipinski definition) is 3. The van der Waals surface area contributed by atoms with E-state index in [0.29, 0.717) is 24.4 Å². The van der Waals surface area contributed by atoms with Crippen LogP contribution in [-0.4, -0.2) is 35.2 Å². The molecule has 2 aromatic carbocycles. The number of amides is 1. The van der Waals surface area contributed by atoms with Gasteiger partial charge in [-0.05, 0) is 29.2 Å². The minimum absolute atomic E-state index is 0.00721. The van der Waals surface area contributed by atoms with E-state index in [9.17, 15) is 9.59 Å². The summed E-state index contributed by atoms with van der Waals surface area (Å²) >= 11 is 1.26. The number of aliphatic imine (C=N–C) groups is 1. The molecule has 1 heterocycles. The average Bonchev–Trinajstić information content (AvgIpc) is 3.25. The van der Waals surface area contributed by atoms with E-state index in [4.69, 9.17) is 11.5 Å². The fourth-order valence-corrected chi connectivity index (χ4v) is 3.76. The summed E-state index contributed by atoms with van der Waals surface area (Å²) in [6.45, 7) is 0.392. The average molecular weight is 410 g/mol. The Hall–Kier alpha value is -3.26. The van der Waals surface area contributed by atoms with Crippen molar-refractivity contribution in [3.63, 3.8) is 0 Å². The van der Waals surface area contributed by atoms with Crippen molar-refractivity contribution in [2.45, 2.75) is 25.3 Å². The van der Waals surface area contributed by atoms with Gasteiger partial charge in [0.2, 0.25) is 11.7 Å². The molecule has 0 fully saturated rings. The van der Waals surface area contributed by atoms with Gasteiger partial charge >= 0.3 is 0 Å². The zero-order chi connectivity index (χ0) is 20.6. The summed E-state index contributed by atoms with van der Waals surface area (Å²) in [5.41, 5.74) is 11.6. The fourth-order valence-electron chi connectivity index (χ4n) is 3.13. The number of nitrogens with zero attached hydrogens (tertiary/aromatic N) is 2. The Morgan fingerprint density at radius 1 is 1.14 bits per heavy atom. The number of nitrogens with one attached hydrogen (secondary N) is 1. The summed E-state index contributed by atoms with van der Waals surface area (Å²) < 4.78 is 0. The molecule has 0 aliphatic carbocycles. The summed E-state index contributed by atoms with van der Waals surface area (Å²) in [7, 11) is 0. The van der Waals surface area contributed by atoms with Crippen molar-refractivity contribution in [1.29, 1.82) is 0 Å². The van der Waals surface area contributed by atoms with E-state index >= 15 is 0 Å². The van der Waals surface area contributed by atoms with Crippen molar-refractivity contribution < 1.29 is 9.59 Å². The molecule has 5 N–H and O–H groups in total. The molecule has 150 valence electrons. The summed E-state index contributed by atoms with van der Waals surface area (Å²) in [5.74, 6) is -0.401. The first-order valence-corrected chi connectivity index (χ1v) is 10.2. The Morgan fingerprint density at radius 3 is 2.69 bits per heavy atom. The summed E-state index contributed by atoms with van der Waals surface area (Å²) in [6, 6.07) is 13.1. The van der Waals surface area contributed by atoms with Crippen molar-refractivity contribution in [3.05, 3.63) is 64.6 Å². The zero-order valence-electron chi connectivity index (χ0n) is 15.9. The van der Waals surface area contributed by atoms with Crippen molar-refractivity contribution in [3.8, 4) is 0 Å². The van der Waals surface area contributed by atoms with Crippen molar-refractivity contribution in [2.75, 3.05) is 6.54 Å². The Kier molecular flexibility index (Phi) is 6.91. The van der Waals surface area contributed by atoms with E-state index in [0.717, 1.165) is 16.3 Å². The first kappa shape index (κ1) is 20.5. The zero-order valence-corrected chi connectivity index (χ0v) is 16.7. The highest BCUT2D eigenvalue weighted by Gasteiger charge is 2.24. The molecule has 0 saturated heterocycles. The van der Waals surface area contributed by atoms with Crippen LogP contribution in [0.15, 0.2) is 59.0 Å². The van der Waals surface area contributed by atoms with Crippen molar-refractivity contribution in [1.82, 2.24) is 10.3 Å². The van der Waals surface area contributed by atoms with Crippen LogP contribution < -0.4 is 16.8 Å². The van der Waals surface area contributed by atoms with E-state index in [2.05, 4.69) is 15.3 Å². The Balaban J connectivity index is 1.71. The third-order valence-corrected chi connectivity index (χ3v) is 5.26. The molecule has 1 aromatic heterocycles. The lowest BCUT2D eigenvalue weighted by atomic mass is 10.0. The van der Waals surface area contributed by atoms with Crippen LogP contribution in [0, 0.1) is 0 Å². The summed E-state index contributed by atoms with van der Waals surface area (Å²) in [4.78, 5) is 33.5. The normalized spacial score (nSPS) is 11.7. The standard InChI is InChI=1S/C21H23N5O2S/c22-21(23)25-10-4-9-17(19(28)20-24-11-12-29-20)26-18(27)13-15-7-3-6-14-5-1-2-8-16(14)15/h1-3,5-8,11-12,17H,4,9-10,13H2,(H,26,27)(H4,22,23,25)/t17-/m0/s1. The number of hydrogen-bond acceptors (Lipinski definition) is 5. The number of Topliss-reactive ketones (excluding diaryl/α,β-unsaturated/α-hetero) is 1. The van der Waals surface area contributed by atoms with Gasteiger partial charge in [-0.2, -0.15) is 0 Å². The number of rotatable bonds is 9. The molecule has 3 aromatic rings. The van der Waals surface area contributed by atoms with Gasteiger partial charge in [-0.15, -0.1) is 11.3 Å². The van der Waals surface area contributed by atoms with Crippen LogP contribution in [0.2, 0.25) is 0 Å². The number of ketones is 1. The maximum absolute atomic E-state index is 12.8. The van der Waals surface area contributed by atoms with Crippen LogP contribution in [0.4, 0.5) is 0 Å². The largest absolute Gasteiger partial charge is 0.370 e. The maximum atomic E-state index is 12.8. The Bertz CT molecular complexity index is 1010. The molecule has 1 amide bonds. The Morgan fingerprint density at radius 2 is 1.93 bits per heavy atom. The number of nitrogens with two attached hydrogens (primary N) is 2. The van der Waals surface area contributed by atoms with E-state index in [1.165, 1.54) is 11.3 Å². The highest BCUT2D eigenvalue weighted by Crippen LogP contribution is 2.19. The number of carbonyl (C=O) groups excluding carboxylic acids is 2. The van der Waals surface area contributed by atoms with Gasteiger partial charge in [-0.3, -0.25) is 14.6 Å². The molecular formula is C21H23N5O2S. The number of guanidine groups is 1. The molecule has 7 nitrogen and oxygen atoms in total. The Labute approximate surface area is 172 Å². The van der Waals surface area contributed by atoms with Gasteiger partial charge in [0, 0.05) is 18.1 Å². The second-order valence-corrected chi connectivity index (χ2v) is 7.48. The third kappa shape index (κ3) is 5.61. The van der Waals surface area contributed by atoms with Crippen LogP contribution in [0.1, 0.15) is 28.2 Å². The first-order valence-electron chi connectivity index (χ1n) is 9.29. The quantitative estimate of drug-likeness (QED) is 0.216. The van der Waals surface area contributed by atoms with Gasteiger partial charge < -0.3 is 16.8 Å². The van der Waals surface area contributed by atoms with Gasteiger partial charge in [-0.25, -0.2) is 4.98 Å². The smallest absolute Gasteiger partial charge is 0.225 e. The van der Waals surface area contributed by atoms with Crippen LogP contribution >= 0.6 is 11.3 Å². The minimum atomic E-state index is -0.669. The van der Waals surface area contributed by atoms with Crippen molar-refractivity contribution >= 4 is 39.8 Å². The van der Waals surface area contributed by atoms with Crippen LogP contribution in [0.5, 0.6) is 0 Å². The van der Waals surface area contributed by atoms with E-state index in [-0.39, 0.29) is 24.1 Å². The third-order valence-electron chi connectivity index (χ3n) is 4.47. The van der Waals surface area contributed by atoms with E-state index in [1.54, 1.807) is 11.6 Å². The van der Waals surface area contributed by atoms with E-state index in [1.807, 2.05) is 42.5 Å².